The Kier molecular flexibility index (Phi) is 4.70. The van der Waals surface area contributed by atoms with Gasteiger partial charge in [-0.05, 0) is 19.9 Å². The fraction of sp³-hybridized carbons (Fsp3) is 1.00. The SMILES string of the molecule is CCCCN1C[C@](C)(O)[C@@H](O)[C@H](O)C1CO. The first kappa shape index (κ1) is 13.9. The van der Waals surface area contributed by atoms with Gasteiger partial charge in [-0.25, -0.2) is 0 Å². The third-order valence-electron chi connectivity index (χ3n) is 3.33. The second-order valence-corrected chi connectivity index (χ2v) is 4.87. The number of likely N-dealkylation sites (tertiary alicyclic amines) is 1. The summed E-state index contributed by atoms with van der Waals surface area (Å²) in [6, 6.07) is -0.484. The van der Waals surface area contributed by atoms with Crippen molar-refractivity contribution >= 4 is 0 Å². The van der Waals surface area contributed by atoms with Gasteiger partial charge in [0.25, 0.3) is 0 Å². The highest BCUT2D eigenvalue weighted by Gasteiger charge is 2.47. The average Bonchev–Trinajstić information content (AvgIpc) is 2.23. The zero-order valence-corrected chi connectivity index (χ0v) is 10.0. The van der Waals surface area contributed by atoms with Crippen molar-refractivity contribution in [2.75, 3.05) is 19.7 Å². The molecule has 4 atom stereocenters. The summed E-state index contributed by atoms with van der Waals surface area (Å²) in [5, 5.41) is 38.7. The number of nitrogens with zero attached hydrogens (tertiary/aromatic N) is 1. The van der Waals surface area contributed by atoms with E-state index in [1.165, 1.54) is 6.92 Å². The van der Waals surface area contributed by atoms with Crippen molar-refractivity contribution in [1.29, 1.82) is 0 Å². The summed E-state index contributed by atoms with van der Waals surface area (Å²) >= 11 is 0. The first-order valence-corrected chi connectivity index (χ1v) is 5.87. The minimum Gasteiger partial charge on any atom is -0.395 e. The van der Waals surface area contributed by atoms with Gasteiger partial charge in [-0.3, -0.25) is 4.90 Å². The molecular formula is C11H23NO4. The number of unbranched alkanes of at least 4 members (excludes halogenated alkanes) is 1. The third kappa shape index (κ3) is 2.73. The minimum absolute atomic E-state index is 0.210. The molecule has 16 heavy (non-hydrogen) atoms. The first-order valence-electron chi connectivity index (χ1n) is 5.87. The van der Waals surface area contributed by atoms with Gasteiger partial charge in [0.1, 0.15) is 17.8 Å². The third-order valence-corrected chi connectivity index (χ3v) is 3.33. The second kappa shape index (κ2) is 5.42. The zero-order chi connectivity index (χ0) is 12.3. The van der Waals surface area contributed by atoms with E-state index >= 15 is 0 Å². The molecule has 1 saturated heterocycles. The molecule has 0 aromatic heterocycles. The van der Waals surface area contributed by atoms with Gasteiger partial charge in [0.15, 0.2) is 0 Å². The quantitative estimate of drug-likeness (QED) is 0.497. The molecule has 0 spiro atoms. The molecule has 0 amide bonds. The highest BCUT2D eigenvalue weighted by atomic mass is 16.4. The molecule has 5 nitrogen and oxygen atoms in total. The van der Waals surface area contributed by atoms with Gasteiger partial charge in [0.2, 0.25) is 0 Å². The van der Waals surface area contributed by atoms with Crippen LogP contribution in [0.3, 0.4) is 0 Å². The molecule has 1 unspecified atom stereocenters. The molecule has 0 saturated carbocycles. The van der Waals surface area contributed by atoms with Crippen molar-refractivity contribution in [3.8, 4) is 0 Å². The summed E-state index contributed by atoms with van der Waals surface area (Å²) in [5.41, 5.74) is -1.32. The van der Waals surface area contributed by atoms with Crippen LogP contribution in [0.4, 0.5) is 0 Å². The highest BCUT2D eigenvalue weighted by molar-refractivity contribution is 5.00. The van der Waals surface area contributed by atoms with Crippen LogP contribution in [0.15, 0.2) is 0 Å². The average molecular weight is 233 g/mol. The van der Waals surface area contributed by atoms with E-state index in [0.717, 1.165) is 12.8 Å². The molecule has 5 heteroatoms. The predicted octanol–water partition coefficient (Wildman–Crippen LogP) is -1.06. The molecule has 1 aliphatic heterocycles. The molecule has 4 N–H and O–H groups in total. The normalized spacial score (nSPS) is 41.2. The molecular weight excluding hydrogens is 210 g/mol. The highest BCUT2D eigenvalue weighted by Crippen LogP contribution is 2.26. The Morgan fingerprint density at radius 2 is 2.00 bits per heavy atom. The summed E-state index contributed by atoms with van der Waals surface area (Å²) in [4.78, 5) is 1.85. The van der Waals surface area contributed by atoms with Crippen molar-refractivity contribution in [1.82, 2.24) is 4.90 Å². The Bertz CT molecular complexity index is 222. The second-order valence-electron chi connectivity index (χ2n) is 4.87. The fourth-order valence-electron chi connectivity index (χ4n) is 2.25. The predicted molar refractivity (Wildman–Crippen MR) is 60.0 cm³/mol. The smallest absolute Gasteiger partial charge is 0.111 e. The van der Waals surface area contributed by atoms with E-state index in [2.05, 4.69) is 6.92 Å². The van der Waals surface area contributed by atoms with E-state index in [-0.39, 0.29) is 13.2 Å². The first-order chi connectivity index (χ1) is 7.44. The maximum atomic E-state index is 9.96. The van der Waals surface area contributed by atoms with Gasteiger partial charge < -0.3 is 20.4 Å². The Labute approximate surface area is 96.3 Å². The number of hydrogen-bond acceptors (Lipinski definition) is 5. The monoisotopic (exact) mass is 233 g/mol. The van der Waals surface area contributed by atoms with Gasteiger partial charge in [0, 0.05) is 6.54 Å². The molecule has 0 aromatic carbocycles. The van der Waals surface area contributed by atoms with Crippen molar-refractivity contribution in [3.05, 3.63) is 0 Å². The van der Waals surface area contributed by atoms with Gasteiger partial charge in [0.05, 0.1) is 12.6 Å². The van der Waals surface area contributed by atoms with Crippen molar-refractivity contribution in [3.63, 3.8) is 0 Å². The lowest BCUT2D eigenvalue weighted by Crippen LogP contribution is -2.67. The van der Waals surface area contributed by atoms with Crippen LogP contribution in [0.2, 0.25) is 0 Å². The maximum absolute atomic E-state index is 9.96. The lowest BCUT2D eigenvalue weighted by atomic mass is 9.85. The molecule has 1 rings (SSSR count). The van der Waals surface area contributed by atoms with E-state index in [9.17, 15) is 20.4 Å². The van der Waals surface area contributed by atoms with Crippen molar-refractivity contribution in [2.24, 2.45) is 0 Å². The Hall–Kier alpha value is -0.200. The molecule has 1 aliphatic rings. The van der Waals surface area contributed by atoms with E-state index in [4.69, 9.17) is 0 Å². The van der Waals surface area contributed by atoms with E-state index in [1.807, 2.05) is 4.90 Å². The molecule has 0 radical (unpaired) electrons. The number of piperidine rings is 1. The Morgan fingerprint density at radius 3 is 2.50 bits per heavy atom. The lowest BCUT2D eigenvalue weighted by molar-refractivity contribution is -0.188. The van der Waals surface area contributed by atoms with Crippen LogP contribution in [-0.2, 0) is 0 Å². The maximum Gasteiger partial charge on any atom is 0.111 e. The van der Waals surface area contributed by atoms with Gasteiger partial charge >= 0.3 is 0 Å². The molecule has 96 valence electrons. The van der Waals surface area contributed by atoms with Crippen LogP contribution in [0.5, 0.6) is 0 Å². The molecule has 1 heterocycles. The van der Waals surface area contributed by atoms with E-state index in [0.29, 0.717) is 6.54 Å². The number of aliphatic hydroxyl groups is 4. The van der Waals surface area contributed by atoms with Crippen molar-refractivity contribution < 1.29 is 20.4 Å². The topological polar surface area (TPSA) is 84.2 Å². The molecule has 0 bridgehead atoms. The Balaban J connectivity index is 2.74. The fourth-order valence-corrected chi connectivity index (χ4v) is 2.25. The van der Waals surface area contributed by atoms with Gasteiger partial charge in [-0.15, -0.1) is 0 Å². The number of hydrogen-bond donors (Lipinski definition) is 4. The largest absolute Gasteiger partial charge is 0.395 e. The van der Waals surface area contributed by atoms with E-state index < -0.39 is 23.9 Å². The summed E-state index contributed by atoms with van der Waals surface area (Å²) in [7, 11) is 0. The lowest BCUT2D eigenvalue weighted by Gasteiger charge is -2.48. The standard InChI is InChI=1S/C11H23NO4/c1-3-4-5-12-7-11(2,16)10(15)9(14)8(12)6-13/h8-10,13-16H,3-7H2,1-2H3/t8?,9-,10+,11+/m1/s1. The molecule has 1 fully saturated rings. The van der Waals surface area contributed by atoms with Crippen LogP contribution in [-0.4, -0.2) is 68.9 Å². The van der Waals surface area contributed by atoms with Crippen LogP contribution < -0.4 is 0 Å². The number of aliphatic hydroxyl groups excluding tert-OH is 3. The van der Waals surface area contributed by atoms with Crippen LogP contribution in [0.1, 0.15) is 26.7 Å². The van der Waals surface area contributed by atoms with E-state index in [1.54, 1.807) is 0 Å². The minimum atomic E-state index is -1.32. The van der Waals surface area contributed by atoms with Gasteiger partial charge in [-0.1, -0.05) is 13.3 Å². The van der Waals surface area contributed by atoms with Crippen molar-refractivity contribution in [2.45, 2.75) is 50.5 Å². The van der Waals surface area contributed by atoms with Crippen LogP contribution in [0.25, 0.3) is 0 Å². The molecule has 0 aliphatic carbocycles. The summed E-state index contributed by atoms with van der Waals surface area (Å²) < 4.78 is 0. The number of rotatable bonds is 4. The molecule has 0 aromatic rings. The zero-order valence-electron chi connectivity index (χ0n) is 10.0. The summed E-state index contributed by atoms with van der Waals surface area (Å²) in [6.07, 6.45) is -0.363. The van der Waals surface area contributed by atoms with Crippen LogP contribution >= 0.6 is 0 Å². The Morgan fingerprint density at radius 1 is 1.38 bits per heavy atom. The summed E-state index contributed by atoms with van der Waals surface area (Å²) in [5.74, 6) is 0. The van der Waals surface area contributed by atoms with Gasteiger partial charge in [-0.2, -0.15) is 0 Å². The summed E-state index contributed by atoms with van der Waals surface area (Å²) in [6.45, 7) is 4.34. The van der Waals surface area contributed by atoms with Crippen LogP contribution in [0, 0.1) is 0 Å². The number of β-amino-alcohol motifs (C(OH)–C–C–N with tert-alkyl or cyclic N) is 1.